The number of carbonyl (C=O) groups is 6. The summed E-state index contributed by atoms with van der Waals surface area (Å²) in [5.41, 5.74) is 0.605. The molecule has 2 aromatic heterocycles. The minimum Gasteiger partial charge on any atom is -0.503 e. The first kappa shape index (κ1) is 37.8. The first-order valence-electron chi connectivity index (χ1n) is 14.5. The highest BCUT2D eigenvalue weighted by Crippen LogP contribution is 2.32. The van der Waals surface area contributed by atoms with Crippen LogP contribution in [0.2, 0.25) is 0 Å². The van der Waals surface area contributed by atoms with E-state index >= 15 is 0 Å². The van der Waals surface area contributed by atoms with Gasteiger partial charge in [-0.15, -0.1) is 11.3 Å². The molecule has 2 fully saturated rings. The molecule has 25 heteroatoms. The lowest BCUT2D eigenvalue weighted by Gasteiger charge is -2.51. The van der Waals surface area contributed by atoms with E-state index in [1.165, 1.54) is 19.2 Å². The summed E-state index contributed by atoms with van der Waals surface area (Å²) < 4.78 is 28.4. The minimum atomic E-state index is -4.92. The van der Waals surface area contributed by atoms with Crippen LogP contribution in [0.3, 0.4) is 0 Å². The van der Waals surface area contributed by atoms with Gasteiger partial charge in [-0.05, 0) is 27.7 Å². The quantitative estimate of drug-likeness (QED) is 0.0512. The summed E-state index contributed by atoms with van der Waals surface area (Å²) in [5.74, 6) is -5.28. The van der Waals surface area contributed by atoms with Crippen molar-refractivity contribution in [3.8, 4) is 5.75 Å². The van der Waals surface area contributed by atoms with Crippen molar-refractivity contribution in [2.45, 2.75) is 63.9 Å². The molecule has 2 saturated heterocycles. The number of urea groups is 2. The molecule has 2 atom stereocenters. The lowest BCUT2D eigenvalue weighted by Crippen LogP contribution is -2.79. The molecule has 0 unspecified atom stereocenters. The summed E-state index contributed by atoms with van der Waals surface area (Å²) in [4.78, 5) is 96.7. The Bertz CT molecular complexity index is 2010. The molecular formula is C26H32N10O13S2. The van der Waals surface area contributed by atoms with Gasteiger partial charge in [0.05, 0.1) is 36.6 Å². The summed E-state index contributed by atoms with van der Waals surface area (Å²) in [6, 6.07) is -4.03. The van der Waals surface area contributed by atoms with Crippen LogP contribution in [0.5, 0.6) is 5.75 Å². The molecule has 276 valence electrons. The molecule has 0 bridgehead atoms. The van der Waals surface area contributed by atoms with Crippen molar-refractivity contribution in [3.05, 3.63) is 39.3 Å². The molecule has 2 aromatic rings. The zero-order valence-electron chi connectivity index (χ0n) is 27.1. The second-order valence-corrected chi connectivity index (χ2v) is 14.6. The fraction of sp³-hybridized carbons (Fsp3) is 0.423. The van der Waals surface area contributed by atoms with Crippen molar-refractivity contribution in [1.82, 2.24) is 39.6 Å². The van der Waals surface area contributed by atoms with Crippen LogP contribution in [-0.4, -0.2) is 114 Å². The summed E-state index contributed by atoms with van der Waals surface area (Å²) in [6.45, 7) is 3.95. The smallest absolute Gasteiger partial charge is 0.350 e. The summed E-state index contributed by atoms with van der Waals surface area (Å²) in [5, 5.41) is 40.3. The molecule has 51 heavy (non-hydrogen) atoms. The van der Waals surface area contributed by atoms with E-state index in [1.807, 2.05) is 0 Å². The average Bonchev–Trinajstić information content (AvgIpc) is 3.61. The van der Waals surface area contributed by atoms with Gasteiger partial charge in [-0.3, -0.25) is 24.1 Å². The predicted molar refractivity (Wildman–Crippen MR) is 171 cm³/mol. The van der Waals surface area contributed by atoms with Gasteiger partial charge in [0, 0.05) is 17.9 Å². The highest BCUT2D eigenvalue weighted by atomic mass is 32.2. The Balaban J connectivity index is 1.37. The SMILES string of the molecule is CC(C)(O/N=C(\C(=O)N[C@@H]1C(=O)N(C(=O)NS(=O)(=O)N2C[C@@H](NC(=O)NCc3cc(=O)c(O)cn3O)CC2=O)C1(C)C)c1csc(N)n1)C(=O)O. The Morgan fingerprint density at radius 2 is 1.86 bits per heavy atom. The Morgan fingerprint density at radius 3 is 2.45 bits per heavy atom. The maximum Gasteiger partial charge on any atom is 0.350 e. The van der Waals surface area contributed by atoms with Crippen molar-refractivity contribution in [1.29, 1.82) is 0 Å². The standard InChI is InChI=1S/C26H32N10O13S2/c1-25(2)18(31-19(40)17(13-10-50-22(27)30-13)32-49-26(3,4)21(42)43)20(41)36(25)24(45)33-51(47,48)35-8-11(5-16(35)39)29-23(44)28-7-12-6-14(37)15(38)9-34(12)46/h6,9-11,18,38,46H,5,7-8H2,1-4H3,(H2,27,30)(H,31,40)(H,33,45)(H,42,43)(H2,28,29,44)/b32-17-/t11-,18+/m0/s1. The number of pyridine rings is 1. The lowest BCUT2D eigenvalue weighted by molar-refractivity contribution is -0.161. The monoisotopic (exact) mass is 756 g/mol. The van der Waals surface area contributed by atoms with Crippen molar-refractivity contribution in [3.63, 3.8) is 0 Å². The largest absolute Gasteiger partial charge is 0.503 e. The molecule has 0 aliphatic carbocycles. The molecule has 2 aliphatic heterocycles. The molecule has 7 amide bonds. The number of aromatic hydroxyl groups is 1. The molecule has 0 radical (unpaired) electrons. The van der Waals surface area contributed by atoms with Crippen LogP contribution in [0.25, 0.3) is 0 Å². The predicted octanol–water partition coefficient (Wildman–Crippen LogP) is -2.43. The number of nitrogens with two attached hydrogens (primary N) is 1. The normalized spacial score (nSPS) is 18.9. The zero-order chi connectivity index (χ0) is 38.2. The van der Waals surface area contributed by atoms with Crippen LogP contribution in [0, 0.1) is 0 Å². The van der Waals surface area contributed by atoms with Gasteiger partial charge in [0.2, 0.25) is 16.9 Å². The fourth-order valence-corrected chi connectivity index (χ4v) is 6.38. The second kappa shape index (κ2) is 13.7. The number of carbonyl (C=O) groups excluding carboxylic acids is 5. The van der Waals surface area contributed by atoms with Gasteiger partial charge in [0.15, 0.2) is 16.6 Å². The summed E-state index contributed by atoms with van der Waals surface area (Å²) in [7, 11) is -4.92. The van der Waals surface area contributed by atoms with Crippen LogP contribution >= 0.6 is 11.3 Å². The number of carboxylic acid groups (broad SMARTS) is 1. The molecule has 9 N–H and O–H groups in total. The summed E-state index contributed by atoms with van der Waals surface area (Å²) in [6.07, 6.45) is 0.209. The number of hydrogen-bond acceptors (Lipinski definition) is 16. The number of amides is 7. The van der Waals surface area contributed by atoms with Crippen molar-refractivity contribution < 1.29 is 57.4 Å². The van der Waals surface area contributed by atoms with Crippen LogP contribution in [-0.2, 0) is 40.8 Å². The Labute approximate surface area is 291 Å². The lowest BCUT2D eigenvalue weighted by atomic mass is 9.82. The number of nitrogens with zero attached hydrogens (tertiary/aromatic N) is 5. The summed E-state index contributed by atoms with van der Waals surface area (Å²) >= 11 is 0.926. The number of rotatable bonds is 11. The average molecular weight is 757 g/mol. The first-order chi connectivity index (χ1) is 23.5. The van der Waals surface area contributed by atoms with E-state index in [-0.39, 0.29) is 20.8 Å². The number of nitrogens with one attached hydrogen (secondary N) is 4. The van der Waals surface area contributed by atoms with Gasteiger partial charge in [0.1, 0.15) is 11.7 Å². The second-order valence-electron chi connectivity index (χ2n) is 12.1. The molecule has 0 aromatic carbocycles. The highest BCUT2D eigenvalue weighted by Gasteiger charge is 2.59. The van der Waals surface area contributed by atoms with E-state index in [0.717, 1.165) is 31.3 Å². The van der Waals surface area contributed by atoms with E-state index in [4.69, 9.17) is 10.6 Å². The van der Waals surface area contributed by atoms with Gasteiger partial charge in [-0.25, -0.2) is 28.4 Å². The number of likely N-dealkylation sites (tertiary alicyclic amines) is 1. The molecule has 2 aliphatic rings. The number of anilines is 1. The van der Waals surface area contributed by atoms with Gasteiger partial charge >= 0.3 is 28.2 Å². The number of aliphatic carboxylic acids is 1. The van der Waals surface area contributed by atoms with E-state index in [9.17, 15) is 57.4 Å². The van der Waals surface area contributed by atoms with Gasteiger partial charge in [-0.1, -0.05) is 5.16 Å². The zero-order valence-corrected chi connectivity index (χ0v) is 28.7. The number of oxime groups is 1. The third kappa shape index (κ3) is 7.93. The maximum absolute atomic E-state index is 13.2. The number of aromatic nitrogens is 2. The number of imide groups is 1. The number of hydrogen-bond donors (Lipinski definition) is 8. The Kier molecular flexibility index (Phi) is 10.2. The van der Waals surface area contributed by atoms with E-state index < -0.39 is 106 Å². The van der Waals surface area contributed by atoms with E-state index in [1.54, 1.807) is 4.72 Å². The van der Waals surface area contributed by atoms with E-state index in [2.05, 4.69) is 26.1 Å². The van der Waals surface area contributed by atoms with Crippen molar-refractivity contribution in [2.24, 2.45) is 5.16 Å². The number of β-lactam (4-membered cyclic amide) rings is 1. The minimum absolute atomic E-state index is 0.0275. The molecule has 4 rings (SSSR count). The molecule has 0 spiro atoms. The van der Waals surface area contributed by atoms with Gasteiger partial charge in [-0.2, -0.15) is 13.1 Å². The fourth-order valence-electron chi connectivity index (χ4n) is 4.69. The Hall–Kier alpha value is -5.98. The third-order valence-corrected chi connectivity index (χ3v) is 9.57. The molecule has 0 saturated carbocycles. The number of thiazole rings is 1. The molecule has 23 nitrogen and oxygen atoms in total. The maximum atomic E-state index is 13.2. The number of carboxylic acids is 1. The van der Waals surface area contributed by atoms with Crippen molar-refractivity contribution in [2.75, 3.05) is 12.3 Å². The van der Waals surface area contributed by atoms with Gasteiger partial charge in [0.25, 0.3) is 11.8 Å². The van der Waals surface area contributed by atoms with Gasteiger partial charge < -0.3 is 41.9 Å². The van der Waals surface area contributed by atoms with Crippen LogP contribution < -0.4 is 31.8 Å². The van der Waals surface area contributed by atoms with Crippen LogP contribution in [0.1, 0.15) is 45.5 Å². The van der Waals surface area contributed by atoms with Crippen LogP contribution in [0.4, 0.5) is 14.7 Å². The highest BCUT2D eigenvalue weighted by molar-refractivity contribution is 7.88. The topological polar surface area (TPSA) is 334 Å². The number of nitrogen functional groups attached to an aromatic ring is 1. The van der Waals surface area contributed by atoms with Crippen LogP contribution in [0.15, 0.2) is 27.6 Å². The first-order valence-corrected chi connectivity index (χ1v) is 16.8. The third-order valence-electron chi connectivity index (χ3n) is 7.53. The van der Waals surface area contributed by atoms with E-state index in [0.29, 0.717) is 15.8 Å². The molecule has 4 heterocycles. The Morgan fingerprint density at radius 1 is 1.20 bits per heavy atom. The molecular weight excluding hydrogens is 724 g/mol. The van der Waals surface area contributed by atoms with Crippen molar-refractivity contribution >= 4 is 68.1 Å².